The molecule has 1 saturated heterocycles. The van der Waals surface area contributed by atoms with E-state index < -0.39 is 0 Å². The van der Waals surface area contributed by atoms with Crippen LogP contribution in [0.3, 0.4) is 0 Å². The number of halogens is 1. The molecule has 1 N–H and O–H groups in total. The lowest BCUT2D eigenvalue weighted by atomic mass is 9.98. The molecule has 29 heavy (non-hydrogen) atoms. The van der Waals surface area contributed by atoms with Crippen LogP contribution in [-0.4, -0.2) is 34.2 Å². The Balaban J connectivity index is 1.43. The Hall–Kier alpha value is -2.86. The van der Waals surface area contributed by atoms with Gasteiger partial charge in [0.15, 0.2) is 0 Å². The van der Waals surface area contributed by atoms with Crippen LogP contribution < -0.4 is 5.32 Å². The first kappa shape index (κ1) is 19.5. The van der Waals surface area contributed by atoms with Crippen LogP contribution in [-0.2, 0) is 0 Å². The Labute approximate surface area is 174 Å². The smallest absolute Gasteiger partial charge is 0.321 e. The van der Waals surface area contributed by atoms with Crippen LogP contribution in [0.15, 0.2) is 47.0 Å². The second kappa shape index (κ2) is 8.25. The fourth-order valence-corrected chi connectivity index (χ4v) is 3.63. The minimum Gasteiger partial charge on any atom is -0.339 e. The number of aromatic nitrogens is 2. The lowest BCUT2D eigenvalue weighted by Crippen LogP contribution is -2.41. The third-order valence-corrected chi connectivity index (χ3v) is 5.61. The number of carbonyl (C=O) groups excluding carboxylic acids is 1. The summed E-state index contributed by atoms with van der Waals surface area (Å²) in [6.45, 7) is 5.36. The third-order valence-electron chi connectivity index (χ3n) is 5.36. The van der Waals surface area contributed by atoms with Crippen LogP contribution >= 0.6 is 11.6 Å². The van der Waals surface area contributed by atoms with E-state index in [1.54, 1.807) is 12.1 Å². The molecule has 1 aromatic heterocycles. The standard InChI is InChI=1S/C22H23ClN4O2/c1-14-5-10-19(12-15(14)2)24-22(28)27-11-3-4-17(13-27)21-25-20(26-29-21)16-6-8-18(23)9-7-16/h5-10,12,17H,3-4,11,13H2,1-2H3,(H,24,28). The molecule has 1 aliphatic heterocycles. The van der Waals surface area contributed by atoms with Crippen molar-refractivity contribution < 1.29 is 9.32 Å². The van der Waals surface area contributed by atoms with Gasteiger partial charge in [-0.2, -0.15) is 4.98 Å². The first-order valence-corrected chi connectivity index (χ1v) is 10.1. The van der Waals surface area contributed by atoms with Crippen molar-refractivity contribution in [1.29, 1.82) is 0 Å². The van der Waals surface area contributed by atoms with Crippen molar-refractivity contribution >= 4 is 23.3 Å². The van der Waals surface area contributed by atoms with Crippen molar-refractivity contribution in [2.45, 2.75) is 32.6 Å². The minimum absolute atomic E-state index is 0.0304. The zero-order valence-electron chi connectivity index (χ0n) is 16.5. The molecular formula is C22H23ClN4O2. The Morgan fingerprint density at radius 2 is 1.97 bits per heavy atom. The van der Waals surface area contributed by atoms with Crippen molar-refractivity contribution in [3.05, 3.63) is 64.5 Å². The number of piperidine rings is 1. The highest BCUT2D eigenvalue weighted by molar-refractivity contribution is 6.30. The number of anilines is 1. The maximum Gasteiger partial charge on any atom is 0.321 e. The van der Waals surface area contributed by atoms with Gasteiger partial charge in [0, 0.05) is 29.4 Å². The summed E-state index contributed by atoms with van der Waals surface area (Å²) < 4.78 is 5.51. The molecule has 0 spiro atoms. The lowest BCUT2D eigenvalue weighted by molar-refractivity contribution is 0.184. The van der Waals surface area contributed by atoms with E-state index in [9.17, 15) is 4.79 Å². The minimum atomic E-state index is -0.101. The molecule has 6 nitrogen and oxygen atoms in total. The van der Waals surface area contributed by atoms with Gasteiger partial charge < -0.3 is 14.7 Å². The number of likely N-dealkylation sites (tertiary alicyclic amines) is 1. The lowest BCUT2D eigenvalue weighted by Gasteiger charge is -2.31. The SMILES string of the molecule is Cc1ccc(NC(=O)N2CCCC(c3nc(-c4ccc(Cl)cc4)no3)C2)cc1C. The van der Waals surface area contributed by atoms with Crippen LogP contribution in [0.1, 0.15) is 35.8 Å². The molecule has 0 radical (unpaired) electrons. The monoisotopic (exact) mass is 410 g/mol. The maximum atomic E-state index is 12.7. The van der Waals surface area contributed by atoms with Gasteiger partial charge in [-0.15, -0.1) is 0 Å². The second-order valence-electron chi connectivity index (χ2n) is 7.48. The predicted octanol–water partition coefficient (Wildman–Crippen LogP) is 5.42. The molecule has 2 heterocycles. The summed E-state index contributed by atoms with van der Waals surface area (Å²) >= 11 is 5.94. The number of rotatable bonds is 3. The Morgan fingerprint density at radius 1 is 1.17 bits per heavy atom. The summed E-state index contributed by atoms with van der Waals surface area (Å²) in [5, 5.41) is 7.76. The Kier molecular flexibility index (Phi) is 5.53. The van der Waals surface area contributed by atoms with E-state index in [1.807, 2.05) is 42.2 Å². The molecule has 0 aliphatic carbocycles. The quantitative estimate of drug-likeness (QED) is 0.625. The van der Waals surface area contributed by atoms with Gasteiger partial charge in [-0.3, -0.25) is 0 Å². The highest BCUT2D eigenvalue weighted by Crippen LogP contribution is 2.28. The average Bonchev–Trinajstić information content (AvgIpc) is 3.22. The van der Waals surface area contributed by atoms with Crippen LogP contribution in [0.2, 0.25) is 5.02 Å². The summed E-state index contributed by atoms with van der Waals surface area (Å²) in [4.78, 5) is 19.1. The van der Waals surface area contributed by atoms with Gasteiger partial charge in [0.1, 0.15) is 0 Å². The van der Waals surface area contributed by atoms with Crippen LogP contribution in [0.5, 0.6) is 0 Å². The maximum absolute atomic E-state index is 12.7. The fourth-order valence-electron chi connectivity index (χ4n) is 3.50. The first-order chi connectivity index (χ1) is 14.0. The second-order valence-corrected chi connectivity index (χ2v) is 7.91. The zero-order chi connectivity index (χ0) is 20.4. The number of urea groups is 1. The molecule has 7 heteroatoms. The van der Waals surface area contributed by atoms with E-state index in [2.05, 4.69) is 22.4 Å². The molecule has 0 saturated carbocycles. The normalized spacial score (nSPS) is 16.7. The van der Waals surface area contributed by atoms with Crippen molar-refractivity contribution in [3.8, 4) is 11.4 Å². The number of nitrogens with zero attached hydrogens (tertiary/aromatic N) is 3. The molecule has 1 unspecified atom stereocenters. The van der Waals surface area contributed by atoms with Gasteiger partial charge in [-0.25, -0.2) is 4.79 Å². The van der Waals surface area contributed by atoms with Gasteiger partial charge in [-0.1, -0.05) is 22.8 Å². The Bertz CT molecular complexity index is 1020. The van der Waals surface area contributed by atoms with E-state index >= 15 is 0 Å². The number of benzene rings is 2. The number of hydrogen-bond donors (Lipinski definition) is 1. The number of carbonyl (C=O) groups is 1. The molecule has 4 rings (SSSR count). The fraction of sp³-hybridized carbons (Fsp3) is 0.318. The van der Waals surface area contributed by atoms with Crippen molar-refractivity contribution in [2.75, 3.05) is 18.4 Å². The number of nitrogens with one attached hydrogen (secondary N) is 1. The summed E-state index contributed by atoms with van der Waals surface area (Å²) in [7, 11) is 0. The van der Waals surface area contributed by atoms with Crippen LogP contribution in [0.25, 0.3) is 11.4 Å². The van der Waals surface area contributed by atoms with E-state index in [0.717, 1.165) is 29.7 Å². The number of aryl methyl sites for hydroxylation is 2. The molecule has 1 aliphatic rings. The van der Waals surface area contributed by atoms with Gasteiger partial charge in [0.25, 0.3) is 0 Å². The summed E-state index contributed by atoms with van der Waals surface area (Å²) in [5.41, 5.74) is 4.02. The van der Waals surface area contributed by atoms with Crippen LogP contribution in [0, 0.1) is 13.8 Å². The first-order valence-electron chi connectivity index (χ1n) is 9.72. The largest absolute Gasteiger partial charge is 0.339 e. The molecule has 3 aromatic rings. The molecule has 2 amide bonds. The molecule has 1 fully saturated rings. The highest BCUT2D eigenvalue weighted by Gasteiger charge is 2.28. The third kappa shape index (κ3) is 4.43. The predicted molar refractivity (Wildman–Crippen MR) is 113 cm³/mol. The van der Waals surface area contributed by atoms with Crippen molar-refractivity contribution in [1.82, 2.24) is 15.0 Å². The topological polar surface area (TPSA) is 71.3 Å². The summed E-state index contributed by atoms with van der Waals surface area (Å²) in [6, 6.07) is 13.2. The van der Waals surface area contributed by atoms with E-state index in [-0.39, 0.29) is 11.9 Å². The molecular weight excluding hydrogens is 388 g/mol. The van der Waals surface area contributed by atoms with Crippen LogP contribution in [0.4, 0.5) is 10.5 Å². The molecule has 150 valence electrons. The molecule has 2 aromatic carbocycles. The van der Waals surface area contributed by atoms with E-state index in [0.29, 0.717) is 29.8 Å². The van der Waals surface area contributed by atoms with E-state index in [4.69, 9.17) is 16.1 Å². The van der Waals surface area contributed by atoms with Gasteiger partial charge in [0.2, 0.25) is 11.7 Å². The van der Waals surface area contributed by atoms with Gasteiger partial charge in [-0.05, 0) is 74.2 Å². The van der Waals surface area contributed by atoms with Crippen molar-refractivity contribution in [3.63, 3.8) is 0 Å². The summed E-state index contributed by atoms with van der Waals surface area (Å²) in [5.74, 6) is 1.13. The van der Waals surface area contributed by atoms with E-state index in [1.165, 1.54) is 5.56 Å². The molecule has 1 atom stereocenters. The van der Waals surface area contributed by atoms with Crippen molar-refractivity contribution in [2.24, 2.45) is 0 Å². The molecule has 0 bridgehead atoms. The number of hydrogen-bond acceptors (Lipinski definition) is 4. The zero-order valence-corrected chi connectivity index (χ0v) is 17.2. The number of amides is 2. The Morgan fingerprint density at radius 3 is 2.72 bits per heavy atom. The highest BCUT2D eigenvalue weighted by atomic mass is 35.5. The van der Waals surface area contributed by atoms with Gasteiger partial charge in [0.05, 0.1) is 5.92 Å². The average molecular weight is 411 g/mol. The van der Waals surface area contributed by atoms with Gasteiger partial charge >= 0.3 is 6.03 Å². The summed E-state index contributed by atoms with van der Waals surface area (Å²) in [6.07, 6.45) is 1.80.